The molecule has 0 aliphatic rings. The second-order valence-corrected chi connectivity index (χ2v) is 7.78. The number of aromatic nitrogens is 2. The summed E-state index contributed by atoms with van der Waals surface area (Å²) in [5.74, 6) is 0.864. The number of nitrogens with one attached hydrogen (secondary N) is 1. The Labute approximate surface area is 196 Å². The second-order valence-electron chi connectivity index (χ2n) is 6.93. The third kappa shape index (κ3) is 4.56. The van der Waals surface area contributed by atoms with Gasteiger partial charge in [0.05, 0.1) is 40.3 Å². The van der Waals surface area contributed by atoms with Crippen LogP contribution in [0.15, 0.2) is 79.8 Å². The minimum atomic E-state index is -0.642. The van der Waals surface area contributed by atoms with E-state index in [0.29, 0.717) is 38.0 Å². The van der Waals surface area contributed by atoms with E-state index in [1.807, 2.05) is 12.1 Å². The lowest BCUT2D eigenvalue weighted by Gasteiger charge is -2.14. The molecule has 0 aliphatic carbocycles. The number of benzene rings is 3. The third-order valence-corrected chi connectivity index (χ3v) is 5.46. The molecule has 1 aromatic heterocycles. The van der Waals surface area contributed by atoms with Crippen LogP contribution >= 0.6 is 15.9 Å². The third-order valence-electron chi connectivity index (χ3n) is 4.87. The maximum Gasteiger partial charge on any atom is 0.349 e. The number of methoxy groups -OCH3 is 1. The molecule has 33 heavy (non-hydrogen) atoms. The van der Waals surface area contributed by atoms with E-state index < -0.39 is 11.2 Å². The van der Waals surface area contributed by atoms with Crippen molar-refractivity contribution in [2.24, 2.45) is 5.10 Å². The molecule has 0 bridgehead atoms. The van der Waals surface area contributed by atoms with Gasteiger partial charge in [-0.25, -0.2) is 4.79 Å². The Morgan fingerprint density at radius 2 is 1.91 bits per heavy atom. The zero-order chi connectivity index (χ0) is 23.4. The first-order chi connectivity index (χ1) is 16.0. The topological polar surface area (TPSA) is 109 Å². The predicted molar refractivity (Wildman–Crippen MR) is 128 cm³/mol. The van der Waals surface area contributed by atoms with Gasteiger partial charge in [0, 0.05) is 5.56 Å². The molecule has 0 radical (unpaired) electrons. The average molecular weight is 505 g/mol. The van der Waals surface area contributed by atoms with Crippen LogP contribution in [0, 0.1) is 11.3 Å². The van der Waals surface area contributed by atoms with Crippen LogP contribution < -0.4 is 20.7 Å². The largest absolute Gasteiger partial charge is 0.493 e. The van der Waals surface area contributed by atoms with Gasteiger partial charge in [0.15, 0.2) is 11.5 Å². The Morgan fingerprint density at radius 3 is 2.70 bits per heavy atom. The first kappa shape index (κ1) is 22.0. The molecular formula is C24H17BrN4O4. The molecule has 1 heterocycles. The number of H-pyrrole nitrogens is 1. The van der Waals surface area contributed by atoms with Crippen molar-refractivity contribution >= 4 is 33.0 Å². The van der Waals surface area contributed by atoms with E-state index in [-0.39, 0.29) is 6.61 Å². The molecule has 8 nitrogen and oxygen atoms in total. The van der Waals surface area contributed by atoms with Crippen LogP contribution in [-0.2, 0) is 6.61 Å². The highest BCUT2D eigenvalue weighted by molar-refractivity contribution is 9.10. The SMILES string of the molecule is COc1cc(C=Nn2c(=O)[nH]c3ccccc3c2=O)cc(Br)c1OCc1ccccc1C#N. The fourth-order valence-corrected chi connectivity index (χ4v) is 3.82. The highest BCUT2D eigenvalue weighted by atomic mass is 79.9. The Hall–Kier alpha value is -4.16. The van der Waals surface area contributed by atoms with Gasteiger partial charge in [-0.2, -0.15) is 10.4 Å². The summed E-state index contributed by atoms with van der Waals surface area (Å²) in [4.78, 5) is 27.6. The summed E-state index contributed by atoms with van der Waals surface area (Å²) < 4.78 is 12.7. The van der Waals surface area contributed by atoms with Gasteiger partial charge in [-0.15, -0.1) is 4.68 Å². The quantitative estimate of drug-likeness (QED) is 0.401. The van der Waals surface area contributed by atoms with Crippen molar-refractivity contribution in [3.63, 3.8) is 0 Å². The van der Waals surface area contributed by atoms with Crippen molar-refractivity contribution in [3.8, 4) is 17.6 Å². The van der Waals surface area contributed by atoms with E-state index in [4.69, 9.17) is 9.47 Å². The molecule has 0 aliphatic heterocycles. The number of ether oxygens (including phenoxy) is 2. The molecule has 1 N–H and O–H groups in total. The summed E-state index contributed by atoms with van der Waals surface area (Å²) in [5, 5.41) is 13.7. The van der Waals surface area contributed by atoms with Crippen molar-refractivity contribution in [1.82, 2.24) is 9.66 Å². The van der Waals surface area contributed by atoms with Gasteiger partial charge < -0.3 is 14.5 Å². The molecule has 9 heteroatoms. The monoisotopic (exact) mass is 504 g/mol. The second kappa shape index (κ2) is 9.54. The number of halogens is 1. The van der Waals surface area contributed by atoms with E-state index in [1.54, 1.807) is 48.5 Å². The molecule has 0 amide bonds. The minimum Gasteiger partial charge on any atom is -0.493 e. The predicted octanol–water partition coefficient (Wildman–Crippen LogP) is 3.79. The minimum absolute atomic E-state index is 0.175. The number of rotatable bonds is 6. The zero-order valence-electron chi connectivity index (χ0n) is 17.4. The maximum absolute atomic E-state index is 12.6. The standard InChI is InChI=1S/C24H17BrN4O4/c1-32-21-11-15(10-19(25)22(21)33-14-17-7-3-2-6-16(17)12-26)13-27-29-23(30)18-8-4-5-9-20(18)28-24(29)31/h2-11,13H,14H2,1H3,(H,28,31). The van der Waals surface area contributed by atoms with Gasteiger partial charge in [-0.05, 0) is 51.8 Å². The number of hydrogen-bond acceptors (Lipinski definition) is 6. The van der Waals surface area contributed by atoms with Crippen molar-refractivity contribution in [1.29, 1.82) is 5.26 Å². The molecule has 0 atom stereocenters. The highest BCUT2D eigenvalue weighted by Gasteiger charge is 2.13. The maximum atomic E-state index is 12.6. The Morgan fingerprint density at radius 1 is 1.15 bits per heavy atom. The van der Waals surface area contributed by atoms with Crippen LogP contribution in [0.4, 0.5) is 0 Å². The van der Waals surface area contributed by atoms with Gasteiger partial charge in [0.1, 0.15) is 6.61 Å². The zero-order valence-corrected chi connectivity index (χ0v) is 19.0. The Bertz CT molecular complexity index is 1530. The van der Waals surface area contributed by atoms with Crippen LogP contribution in [0.1, 0.15) is 16.7 Å². The van der Waals surface area contributed by atoms with Crippen LogP contribution in [0.2, 0.25) is 0 Å². The van der Waals surface area contributed by atoms with E-state index in [0.717, 1.165) is 10.2 Å². The first-order valence-electron chi connectivity index (χ1n) is 9.78. The molecule has 0 fully saturated rings. The van der Waals surface area contributed by atoms with Crippen molar-refractivity contribution in [3.05, 3.63) is 103 Å². The summed E-state index contributed by atoms with van der Waals surface area (Å²) in [6.07, 6.45) is 1.38. The first-order valence-corrected chi connectivity index (χ1v) is 10.6. The smallest absolute Gasteiger partial charge is 0.349 e. The summed E-state index contributed by atoms with van der Waals surface area (Å²) in [5.41, 5.74) is 1.13. The number of fused-ring (bicyclic) bond motifs is 1. The molecule has 0 spiro atoms. The summed E-state index contributed by atoms with van der Waals surface area (Å²) in [6, 6.07) is 19.4. The van der Waals surface area contributed by atoms with E-state index >= 15 is 0 Å². The van der Waals surface area contributed by atoms with Gasteiger partial charge in [0.2, 0.25) is 0 Å². The van der Waals surface area contributed by atoms with E-state index in [1.165, 1.54) is 13.3 Å². The molecule has 4 aromatic rings. The molecule has 0 unspecified atom stereocenters. The van der Waals surface area contributed by atoms with Crippen LogP contribution in [-0.4, -0.2) is 23.0 Å². The van der Waals surface area contributed by atoms with Crippen LogP contribution in [0.5, 0.6) is 11.5 Å². The van der Waals surface area contributed by atoms with Crippen molar-refractivity contribution in [2.45, 2.75) is 6.61 Å². The molecule has 3 aromatic carbocycles. The normalized spacial score (nSPS) is 10.9. The Balaban J connectivity index is 1.64. The lowest BCUT2D eigenvalue weighted by molar-refractivity contribution is 0.282. The van der Waals surface area contributed by atoms with Crippen LogP contribution in [0.3, 0.4) is 0 Å². The van der Waals surface area contributed by atoms with Gasteiger partial charge >= 0.3 is 5.69 Å². The summed E-state index contributed by atoms with van der Waals surface area (Å²) in [7, 11) is 1.50. The lowest BCUT2D eigenvalue weighted by atomic mass is 10.1. The van der Waals surface area contributed by atoms with E-state index in [9.17, 15) is 14.9 Å². The van der Waals surface area contributed by atoms with Crippen LogP contribution in [0.25, 0.3) is 10.9 Å². The molecule has 164 valence electrons. The molecule has 0 saturated carbocycles. The number of nitrogens with zero attached hydrogens (tertiary/aromatic N) is 3. The van der Waals surface area contributed by atoms with Gasteiger partial charge in [0.25, 0.3) is 5.56 Å². The lowest BCUT2D eigenvalue weighted by Crippen LogP contribution is -2.32. The van der Waals surface area contributed by atoms with Crippen molar-refractivity contribution in [2.75, 3.05) is 7.11 Å². The van der Waals surface area contributed by atoms with E-state index in [2.05, 4.69) is 32.1 Å². The molecule has 0 saturated heterocycles. The summed E-state index contributed by atoms with van der Waals surface area (Å²) >= 11 is 3.47. The number of aromatic amines is 1. The molecular weight excluding hydrogens is 488 g/mol. The number of nitriles is 1. The fraction of sp³-hybridized carbons (Fsp3) is 0.0833. The molecule has 4 rings (SSSR count). The fourth-order valence-electron chi connectivity index (χ4n) is 3.24. The number of hydrogen-bond donors (Lipinski definition) is 1. The summed E-state index contributed by atoms with van der Waals surface area (Å²) in [6.45, 7) is 0.175. The van der Waals surface area contributed by atoms with Gasteiger partial charge in [-0.3, -0.25) is 4.79 Å². The Kier molecular flexibility index (Phi) is 6.38. The average Bonchev–Trinajstić information content (AvgIpc) is 2.83. The number of para-hydroxylation sites is 1. The highest BCUT2D eigenvalue weighted by Crippen LogP contribution is 2.37. The van der Waals surface area contributed by atoms with Gasteiger partial charge in [-0.1, -0.05) is 30.3 Å². The van der Waals surface area contributed by atoms with Crippen molar-refractivity contribution < 1.29 is 9.47 Å².